The number of nitrogens with zero attached hydrogens (tertiary/aromatic N) is 1. The zero-order valence-corrected chi connectivity index (χ0v) is 14.3. The third kappa shape index (κ3) is 4.98. The Morgan fingerprint density at radius 3 is 2.17 bits per heavy atom. The molecule has 1 aromatic rings. The van der Waals surface area contributed by atoms with Crippen molar-refractivity contribution in [3.63, 3.8) is 0 Å². The van der Waals surface area contributed by atoms with Gasteiger partial charge in [-0.15, -0.1) is 0 Å². The largest absolute Gasteiger partial charge is 0.372 e. The number of anilines is 2. The molecule has 0 radical (unpaired) electrons. The van der Waals surface area contributed by atoms with Crippen molar-refractivity contribution in [3.05, 3.63) is 24.3 Å². The Balaban J connectivity index is 1.98. The highest BCUT2D eigenvalue weighted by atomic mass is 16.2. The summed E-state index contributed by atoms with van der Waals surface area (Å²) in [5.41, 5.74) is 1.96. The van der Waals surface area contributed by atoms with Gasteiger partial charge >= 0.3 is 0 Å². The van der Waals surface area contributed by atoms with Gasteiger partial charge in [0.05, 0.1) is 0 Å². The lowest BCUT2D eigenvalue weighted by Crippen LogP contribution is -2.46. The van der Waals surface area contributed by atoms with E-state index in [0.717, 1.165) is 18.8 Å². The molecule has 2 amide bonds. The third-order valence-electron chi connectivity index (χ3n) is 4.16. The zero-order chi connectivity index (χ0) is 16.8. The van der Waals surface area contributed by atoms with E-state index in [2.05, 4.69) is 15.5 Å². The molecule has 1 aliphatic rings. The van der Waals surface area contributed by atoms with Gasteiger partial charge in [-0.3, -0.25) is 9.59 Å². The van der Waals surface area contributed by atoms with Gasteiger partial charge in [-0.2, -0.15) is 0 Å². The number of hydrogen-bond acceptors (Lipinski definition) is 3. The highest BCUT2D eigenvalue weighted by Gasteiger charge is 2.23. The van der Waals surface area contributed by atoms with E-state index in [9.17, 15) is 9.59 Å². The van der Waals surface area contributed by atoms with E-state index >= 15 is 0 Å². The van der Waals surface area contributed by atoms with Crippen LogP contribution < -0.4 is 15.5 Å². The number of rotatable bonds is 5. The van der Waals surface area contributed by atoms with E-state index in [-0.39, 0.29) is 17.7 Å². The number of hydrogen-bond donors (Lipinski definition) is 2. The molecule has 23 heavy (non-hydrogen) atoms. The fourth-order valence-electron chi connectivity index (χ4n) is 2.88. The van der Waals surface area contributed by atoms with Crippen LogP contribution in [0.4, 0.5) is 11.4 Å². The molecule has 1 aliphatic heterocycles. The minimum atomic E-state index is -0.519. The lowest BCUT2D eigenvalue weighted by Gasteiger charge is -2.29. The molecule has 5 heteroatoms. The van der Waals surface area contributed by atoms with Crippen LogP contribution in [0.5, 0.6) is 0 Å². The molecule has 1 heterocycles. The van der Waals surface area contributed by atoms with E-state index in [0.29, 0.717) is 0 Å². The van der Waals surface area contributed by atoms with Gasteiger partial charge in [0.15, 0.2) is 0 Å². The second-order valence-electron chi connectivity index (χ2n) is 6.51. The van der Waals surface area contributed by atoms with Crippen molar-refractivity contribution in [1.82, 2.24) is 5.32 Å². The van der Waals surface area contributed by atoms with Crippen molar-refractivity contribution in [2.45, 2.75) is 46.1 Å². The summed E-state index contributed by atoms with van der Waals surface area (Å²) in [5.74, 6) is -0.341. The minimum Gasteiger partial charge on any atom is -0.372 e. The van der Waals surface area contributed by atoms with E-state index in [1.54, 1.807) is 0 Å². The van der Waals surface area contributed by atoms with Gasteiger partial charge in [0.1, 0.15) is 6.04 Å². The van der Waals surface area contributed by atoms with Crippen molar-refractivity contribution < 1.29 is 9.59 Å². The summed E-state index contributed by atoms with van der Waals surface area (Å²) in [5, 5.41) is 5.59. The molecule has 2 N–H and O–H groups in total. The summed E-state index contributed by atoms with van der Waals surface area (Å²) >= 11 is 0. The monoisotopic (exact) mass is 317 g/mol. The maximum absolute atomic E-state index is 12.3. The fraction of sp³-hybridized carbons (Fsp3) is 0.556. The molecular weight excluding hydrogens is 290 g/mol. The Morgan fingerprint density at radius 2 is 1.65 bits per heavy atom. The third-order valence-corrected chi connectivity index (χ3v) is 4.16. The van der Waals surface area contributed by atoms with Crippen LogP contribution in [0, 0.1) is 5.92 Å². The summed E-state index contributed by atoms with van der Waals surface area (Å²) in [6, 6.07) is 7.42. The topological polar surface area (TPSA) is 61.4 Å². The van der Waals surface area contributed by atoms with Crippen molar-refractivity contribution in [2.75, 3.05) is 23.3 Å². The fourth-order valence-corrected chi connectivity index (χ4v) is 2.88. The molecule has 2 rings (SSSR count). The Kier molecular flexibility index (Phi) is 6.02. The zero-order valence-electron chi connectivity index (χ0n) is 14.3. The Morgan fingerprint density at radius 1 is 1.04 bits per heavy atom. The molecule has 126 valence electrons. The lowest BCUT2D eigenvalue weighted by molar-refractivity contribution is -0.126. The predicted molar refractivity (Wildman–Crippen MR) is 93.6 cm³/mol. The number of carbonyl (C=O) groups is 2. The SMILES string of the molecule is CC(=O)N[C@@H](C(=O)Nc1ccc(N2CCCCC2)cc1)C(C)C. The maximum Gasteiger partial charge on any atom is 0.247 e. The highest BCUT2D eigenvalue weighted by Crippen LogP contribution is 2.22. The molecule has 0 saturated carbocycles. The van der Waals surface area contributed by atoms with Crippen LogP contribution in [-0.2, 0) is 9.59 Å². The predicted octanol–water partition coefficient (Wildman–Crippen LogP) is 2.78. The maximum atomic E-state index is 12.3. The van der Waals surface area contributed by atoms with E-state index < -0.39 is 6.04 Å². The highest BCUT2D eigenvalue weighted by molar-refractivity contribution is 5.97. The molecule has 0 aliphatic carbocycles. The first-order valence-corrected chi connectivity index (χ1v) is 8.40. The van der Waals surface area contributed by atoms with Gasteiger partial charge in [0, 0.05) is 31.4 Å². The second kappa shape index (κ2) is 7.99. The molecule has 1 aromatic carbocycles. The van der Waals surface area contributed by atoms with Crippen LogP contribution in [0.15, 0.2) is 24.3 Å². The molecule has 0 spiro atoms. The first-order valence-electron chi connectivity index (χ1n) is 8.40. The van der Waals surface area contributed by atoms with Gasteiger partial charge in [0.25, 0.3) is 0 Å². The van der Waals surface area contributed by atoms with E-state index in [4.69, 9.17) is 0 Å². The van der Waals surface area contributed by atoms with Crippen molar-refractivity contribution in [2.24, 2.45) is 5.92 Å². The van der Waals surface area contributed by atoms with E-state index in [1.807, 2.05) is 38.1 Å². The van der Waals surface area contributed by atoms with Crippen LogP contribution in [0.1, 0.15) is 40.0 Å². The van der Waals surface area contributed by atoms with Crippen molar-refractivity contribution in [1.29, 1.82) is 0 Å². The number of nitrogens with one attached hydrogen (secondary N) is 2. The van der Waals surface area contributed by atoms with Gasteiger partial charge in [-0.05, 0) is 49.4 Å². The molecule has 0 aromatic heterocycles. The summed E-state index contributed by atoms with van der Waals surface area (Å²) in [6.07, 6.45) is 3.79. The van der Waals surface area contributed by atoms with E-state index in [1.165, 1.54) is 31.9 Å². The smallest absolute Gasteiger partial charge is 0.247 e. The van der Waals surface area contributed by atoms with Gasteiger partial charge < -0.3 is 15.5 Å². The average Bonchev–Trinajstić information content (AvgIpc) is 2.53. The lowest BCUT2D eigenvalue weighted by atomic mass is 10.0. The molecule has 0 unspecified atom stereocenters. The molecule has 0 bridgehead atoms. The summed E-state index contributed by atoms with van der Waals surface area (Å²) in [7, 11) is 0. The number of benzene rings is 1. The van der Waals surface area contributed by atoms with Crippen LogP contribution in [0.3, 0.4) is 0 Å². The normalized spacial score (nSPS) is 16.1. The number of amides is 2. The summed E-state index contributed by atoms with van der Waals surface area (Å²) in [4.78, 5) is 26.0. The van der Waals surface area contributed by atoms with Crippen LogP contribution in [0.25, 0.3) is 0 Å². The Labute approximate surface area is 138 Å². The quantitative estimate of drug-likeness (QED) is 0.878. The second-order valence-corrected chi connectivity index (χ2v) is 6.51. The van der Waals surface area contributed by atoms with Crippen molar-refractivity contribution in [3.8, 4) is 0 Å². The molecular formula is C18H27N3O2. The summed E-state index contributed by atoms with van der Waals surface area (Å²) in [6.45, 7) is 7.46. The van der Waals surface area contributed by atoms with Crippen LogP contribution >= 0.6 is 0 Å². The number of carbonyl (C=O) groups excluding carboxylic acids is 2. The molecule has 1 fully saturated rings. The average molecular weight is 317 g/mol. The van der Waals surface area contributed by atoms with Gasteiger partial charge in [0.2, 0.25) is 11.8 Å². The number of piperidine rings is 1. The first-order chi connectivity index (χ1) is 11.0. The standard InChI is InChI=1S/C18H27N3O2/c1-13(2)17(19-14(3)22)18(23)20-15-7-9-16(10-8-15)21-11-5-4-6-12-21/h7-10,13,17H,4-6,11-12H2,1-3H3,(H,19,22)(H,20,23)/t17-/m1/s1. The van der Waals surface area contributed by atoms with Crippen LogP contribution in [0.2, 0.25) is 0 Å². The van der Waals surface area contributed by atoms with Gasteiger partial charge in [-0.25, -0.2) is 0 Å². The van der Waals surface area contributed by atoms with Gasteiger partial charge in [-0.1, -0.05) is 13.8 Å². The Bertz CT molecular complexity index is 534. The molecule has 1 atom stereocenters. The first kappa shape index (κ1) is 17.3. The van der Waals surface area contributed by atoms with Crippen molar-refractivity contribution >= 4 is 23.2 Å². The molecule has 5 nitrogen and oxygen atoms in total. The summed E-state index contributed by atoms with van der Waals surface area (Å²) < 4.78 is 0. The minimum absolute atomic E-state index is 0.0338. The molecule has 1 saturated heterocycles. The Hall–Kier alpha value is -2.04. The van der Waals surface area contributed by atoms with Crippen LogP contribution in [-0.4, -0.2) is 30.9 Å².